The summed E-state index contributed by atoms with van der Waals surface area (Å²) < 4.78 is 5.78. The number of carbonyl (C=O) groups is 1. The number of benzene rings is 2. The van der Waals surface area contributed by atoms with E-state index in [4.69, 9.17) is 27.9 Å². The zero-order chi connectivity index (χ0) is 20.3. The molecule has 6 heteroatoms. The molecule has 0 atom stereocenters. The van der Waals surface area contributed by atoms with Crippen molar-refractivity contribution in [1.29, 1.82) is 0 Å². The highest BCUT2D eigenvalue weighted by Crippen LogP contribution is 2.37. The number of carbonyl (C=O) groups excluding carboxylic acids is 1. The van der Waals surface area contributed by atoms with E-state index >= 15 is 0 Å². The number of aromatic nitrogens is 1. The van der Waals surface area contributed by atoms with E-state index in [1.807, 2.05) is 37.3 Å². The van der Waals surface area contributed by atoms with Crippen LogP contribution >= 0.6 is 23.2 Å². The normalized spacial score (nSPS) is 10.9. The van der Waals surface area contributed by atoms with Gasteiger partial charge in [-0.05, 0) is 49.1 Å². The molecule has 4 nitrogen and oxygen atoms in total. The van der Waals surface area contributed by atoms with Crippen molar-refractivity contribution in [3.63, 3.8) is 0 Å². The van der Waals surface area contributed by atoms with Crippen LogP contribution in [0.4, 0.5) is 5.69 Å². The fourth-order valence-electron chi connectivity index (χ4n) is 3.14. The summed E-state index contributed by atoms with van der Waals surface area (Å²) in [4.78, 5) is 17.1. The maximum atomic E-state index is 12.6. The standard InChI is InChI=1S/C22H22Cl2N2O2/c1-4-14-7-6-8-15(5-2)20(14)26-19(27)12-28-22-18(24)11-17(23)16-10-9-13(3)25-21(16)22/h6-11H,4-5,12H2,1-3H3,(H,26,27). The highest BCUT2D eigenvalue weighted by atomic mass is 35.5. The number of fused-ring (bicyclic) bond motifs is 1. The maximum Gasteiger partial charge on any atom is 0.262 e. The first-order valence-electron chi connectivity index (χ1n) is 9.23. The molecule has 0 saturated heterocycles. The largest absolute Gasteiger partial charge is 0.480 e. The molecule has 2 aromatic carbocycles. The molecule has 1 N–H and O–H groups in total. The smallest absolute Gasteiger partial charge is 0.262 e. The molecule has 3 rings (SSSR count). The van der Waals surface area contributed by atoms with Crippen molar-refractivity contribution in [2.75, 3.05) is 11.9 Å². The molecule has 0 aliphatic rings. The van der Waals surface area contributed by atoms with Gasteiger partial charge in [0.15, 0.2) is 12.4 Å². The van der Waals surface area contributed by atoms with Gasteiger partial charge in [-0.2, -0.15) is 0 Å². The molecule has 0 bridgehead atoms. The molecule has 0 spiro atoms. The Morgan fingerprint density at radius 3 is 2.39 bits per heavy atom. The Labute approximate surface area is 174 Å². The van der Waals surface area contributed by atoms with Gasteiger partial charge in [-0.25, -0.2) is 4.98 Å². The van der Waals surface area contributed by atoms with E-state index in [-0.39, 0.29) is 12.5 Å². The van der Waals surface area contributed by atoms with Crippen LogP contribution in [-0.4, -0.2) is 17.5 Å². The fraction of sp³-hybridized carbons (Fsp3) is 0.273. The van der Waals surface area contributed by atoms with Crippen LogP contribution in [0.5, 0.6) is 5.75 Å². The summed E-state index contributed by atoms with van der Waals surface area (Å²) in [5, 5.41) is 4.54. The van der Waals surface area contributed by atoms with E-state index in [1.54, 1.807) is 6.07 Å². The minimum absolute atomic E-state index is 0.173. The van der Waals surface area contributed by atoms with Crippen LogP contribution in [0.1, 0.15) is 30.7 Å². The minimum Gasteiger partial charge on any atom is -0.480 e. The second kappa shape index (κ2) is 8.80. The van der Waals surface area contributed by atoms with Gasteiger partial charge < -0.3 is 10.1 Å². The first-order valence-corrected chi connectivity index (χ1v) is 9.98. The lowest BCUT2D eigenvalue weighted by molar-refractivity contribution is -0.118. The zero-order valence-electron chi connectivity index (χ0n) is 16.1. The third-order valence-corrected chi connectivity index (χ3v) is 5.18. The van der Waals surface area contributed by atoms with Gasteiger partial charge in [0.1, 0.15) is 5.52 Å². The average Bonchev–Trinajstić information content (AvgIpc) is 2.67. The number of ether oxygens (including phenoxy) is 1. The van der Waals surface area contributed by atoms with Crippen molar-refractivity contribution in [2.45, 2.75) is 33.6 Å². The van der Waals surface area contributed by atoms with Gasteiger partial charge in [-0.15, -0.1) is 0 Å². The number of anilines is 1. The number of rotatable bonds is 6. The Balaban J connectivity index is 1.84. The summed E-state index contributed by atoms with van der Waals surface area (Å²) in [5.41, 5.74) is 4.42. The lowest BCUT2D eigenvalue weighted by atomic mass is 10.0. The van der Waals surface area contributed by atoms with Gasteiger partial charge in [0.05, 0.1) is 10.0 Å². The predicted octanol–water partition coefficient (Wildman–Crippen LogP) is 5.99. The molecule has 0 aliphatic carbocycles. The first kappa shape index (κ1) is 20.4. The number of amides is 1. The molecule has 0 radical (unpaired) electrons. The predicted molar refractivity (Wildman–Crippen MR) is 116 cm³/mol. The minimum atomic E-state index is -0.248. The number of hydrogen-bond donors (Lipinski definition) is 1. The molecule has 3 aromatic rings. The number of nitrogens with one attached hydrogen (secondary N) is 1. The molecule has 0 fully saturated rings. The molecule has 1 amide bonds. The highest BCUT2D eigenvalue weighted by molar-refractivity contribution is 6.39. The van der Waals surface area contributed by atoms with Crippen molar-refractivity contribution in [2.24, 2.45) is 0 Å². The fourth-order valence-corrected chi connectivity index (χ4v) is 3.71. The van der Waals surface area contributed by atoms with E-state index in [0.717, 1.165) is 40.7 Å². The van der Waals surface area contributed by atoms with Crippen molar-refractivity contribution in [1.82, 2.24) is 4.98 Å². The number of pyridine rings is 1. The zero-order valence-corrected chi connectivity index (χ0v) is 17.6. The Kier molecular flexibility index (Phi) is 6.42. The van der Waals surface area contributed by atoms with Crippen LogP contribution in [0.25, 0.3) is 10.9 Å². The van der Waals surface area contributed by atoms with Gasteiger partial charge >= 0.3 is 0 Å². The molecule has 1 heterocycles. The average molecular weight is 417 g/mol. The van der Waals surface area contributed by atoms with Gasteiger partial charge in [0, 0.05) is 16.8 Å². The Morgan fingerprint density at radius 1 is 1.07 bits per heavy atom. The van der Waals surface area contributed by atoms with Gasteiger partial charge in [-0.1, -0.05) is 55.2 Å². The van der Waals surface area contributed by atoms with Gasteiger partial charge in [0.2, 0.25) is 0 Å². The summed E-state index contributed by atoms with van der Waals surface area (Å²) in [5.74, 6) is 0.113. The highest BCUT2D eigenvalue weighted by Gasteiger charge is 2.16. The molecule has 1 aromatic heterocycles. The van der Waals surface area contributed by atoms with E-state index in [1.165, 1.54) is 0 Å². The van der Waals surface area contributed by atoms with Crippen LogP contribution in [0.15, 0.2) is 36.4 Å². The number of nitrogens with zero attached hydrogens (tertiary/aromatic N) is 1. The number of aryl methyl sites for hydroxylation is 3. The number of hydrogen-bond acceptors (Lipinski definition) is 3. The topological polar surface area (TPSA) is 51.2 Å². The second-order valence-corrected chi connectivity index (χ2v) is 7.33. The van der Waals surface area contributed by atoms with Crippen molar-refractivity contribution >= 4 is 45.7 Å². The van der Waals surface area contributed by atoms with Crippen LogP contribution < -0.4 is 10.1 Å². The van der Waals surface area contributed by atoms with Crippen LogP contribution in [0, 0.1) is 6.92 Å². The molecule has 146 valence electrons. The summed E-state index contributed by atoms with van der Waals surface area (Å²) in [6.07, 6.45) is 1.67. The van der Waals surface area contributed by atoms with E-state index in [0.29, 0.717) is 21.3 Å². The summed E-state index contributed by atoms with van der Waals surface area (Å²) in [7, 11) is 0. The Morgan fingerprint density at radius 2 is 1.75 bits per heavy atom. The molecular weight excluding hydrogens is 395 g/mol. The summed E-state index contributed by atoms with van der Waals surface area (Å²) in [6, 6.07) is 11.4. The van der Waals surface area contributed by atoms with Crippen LogP contribution in [0.2, 0.25) is 10.0 Å². The van der Waals surface area contributed by atoms with Crippen molar-refractivity contribution < 1.29 is 9.53 Å². The van der Waals surface area contributed by atoms with Crippen LogP contribution in [0.3, 0.4) is 0 Å². The van der Waals surface area contributed by atoms with E-state index in [9.17, 15) is 4.79 Å². The first-order chi connectivity index (χ1) is 13.4. The lowest BCUT2D eigenvalue weighted by Crippen LogP contribution is -2.22. The monoisotopic (exact) mass is 416 g/mol. The Hall–Kier alpha value is -2.30. The molecular formula is C22H22Cl2N2O2. The quantitative estimate of drug-likeness (QED) is 0.536. The summed E-state index contributed by atoms with van der Waals surface area (Å²) in [6.45, 7) is 5.83. The number of para-hydroxylation sites is 1. The van der Waals surface area contributed by atoms with Crippen LogP contribution in [-0.2, 0) is 17.6 Å². The van der Waals surface area contributed by atoms with Crippen molar-refractivity contribution in [3.05, 3.63) is 63.3 Å². The Bertz CT molecular complexity index is 1010. The molecule has 28 heavy (non-hydrogen) atoms. The van der Waals surface area contributed by atoms with Gasteiger partial charge in [-0.3, -0.25) is 4.79 Å². The number of halogens is 2. The van der Waals surface area contributed by atoms with E-state index in [2.05, 4.69) is 24.1 Å². The van der Waals surface area contributed by atoms with Crippen molar-refractivity contribution in [3.8, 4) is 5.75 Å². The maximum absolute atomic E-state index is 12.6. The van der Waals surface area contributed by atoms with E-state index < -0.39 is 0 Å². The summed E-state index contributed by atoms with van der Waals surface area (Å²) >= 11 is 12.6. The lowest BCUT2D eigenvalue weighted by Gasteiger charge is -2.16. The third kappa shape index (κ3) is 4.23. The molecule has 0 aliphatic heterocycles. The third-order valence-electron chi connectivity index (χ3n) is 4.59. The molecule has 0 saturated carbocycles. The SMILES string of the molecule is CCc1cccc(CC)c1NC(=O)COc1c(Cl)cc(Cl)c2ccc(C)nc12. The second-order valence-electron chi connectivity index (χ2n) is 6.51. The molecule has 0 unspecified atom stereocenters. The van der Waals surface area contributed by atoms with Gasteiger partial charge in [0.25, 0.3) is 5.91 Å².